The summed E-state index contributed by atoms with van der Waals surface area (Å²) in [5.74, 6) is 1.80. The summed E-state index contributed by atoms with van der Waals surface area (Å²) in [6.45, 7) is 3.09. The topological polar surface area (TPSA) is 39.1 Å². The van der Waals surface area contributed by atoms with Crippen LogP contribution in [0.4, 0.5) is 0 Å². The summed E-state index contributed by atoms with van der Waals surface area (Å²) in [5, 5.41) is 3.44. The van der Waals surface area contributed by atoms with Crippen LogP contribution in [0.5, 0.6) is 0 Å². The Kier molecular flexibility index (Phi) is 4.18. The molecule has 1 aromatic heterocycles. The van der Waals surface area contributed by atoms with Gasteiger partial charge in [-0.1, -0.05) is 0 Å². The highest BCUT2D eigenvalue weighted by atomic mass is 16.5. The molecule has 1 fully saturated rings. The van der Waals surface area contributed by atoms with Gasteiger partial charge in [-0.15, -0.1) is 0 Å². The van der Waals surface area contributed by atoms with E-state index in [0.29, 0.717) is 18.1 Å². The summed E-state index contributed by atoms with van der Waals surface area (Å²) < 4.78 is 7.75. The largest absolute Gasteiger partial charge is 0.378 e. The van der Waals surface area contributed by atoms with Crippen molar-refractivity contribution in [3.8, 4) is 0 Å². The minimum Gasteiger partial charge on any atom is -0.378 e. The number of rotatable bonds is 5. The summed E-state index contributed by atoms with van der Waals surface area (Å²) >= 11 is 0. The molecule has 0 saturated carbocycles. The first-order chi connectivity index (χ1) is 8.22. The Labute approximate surface area is 103 Å². The maximum Gasteiger partial charge on any atom is 0.108 e. The Bertz CT molecular complexity index is 350. The molecule has 3 unspecified atom stereocenters. The van der Waals surface area contributed by atoms with Gasteiger partial charge in [-0.3, -0.25) is 0 Å². The molecule has 2 rings (SSSR count). The van der Waals surface area contributed by atoms with Crippen LogP contribution < -0.4 is 5.32 Å². The second-order valence-electron chi connectivity index (χ2n) is 4.92. The van der Waals surface area contributed by atoms with Crippen molar-refractivity contribution in [1.29, 1.82) is 0 Å². The van der Waals surface area contributed by atoms with Crippen LogP contribution in [-0.2, 0) is 18.2 Å². The van der Waals surface area contributed by atoms with Crippen LogP contribution >= 0.6 is 0 Å². The minimum atomic E-state index is 0.383. The fourth-order valence-corrected chi connectivity index (χ4v) is 2.77. The van der Waals surface area contributed by atoms with E-state index in [4.69, 9.17) is 4.74 Å². The van der Waals surface area contributed by atoms with E-state index in [-0.39, 0.29) is 0 Å². The molecule has 3 atom stereocenters. The second-order valence-corrected chi connectivity index (χ2v) is 4.92. The molecule has 0 bridgehead atoms. The van der Waals surface area contributed by atoms with E-state index in [1.807, 2.05) is 19.4 Å². The first-order valence-electron chi connectivity index (χ1n) is 6.47. The molecule has 0 amide bonds. The summed E-state index contributed by atoms with van der Waals surface area (Å²) in [7, 11) is 4.10. The van der Waals surface area contributed by atoms with Gasteiger partial charge in [0.15, 0.2) is 0 Å². The standard InChI is InChI=1S/C13H23N3O/c1-10-11(6-9-17-10)12(14-2)4-5-13-15-7-8-16(13)3/h7-8,10-12,14H,4-6,9H2,1-3H3. The smallest absolute Gasteiger partial charge is 0.108 e. The van der Waals surface area contributed by atoms with Crippen molar-refractivity contribution < 1.29 is 4.74 Å². The molecule has 1 aliphatic heterocycles. The van der Waals surface area contributed by atoms with Gasteiger partial charge in [-0.05, 0) is 26.8 Å². The highest BCUT2D eigenvalue weighted by Gasteiger charge is 2.30. The van der Waals surface area contributed by atoms with E-state index < -0.39 is 0 Å². The van der Waals surface area contributed by atoms with E-state index in [9.17, 15) is 0 Å². The van der Waals surface area contributed by atoms with Crippen molar-refractivity contribution >= 4 is 0 Å². The second kappa shape index (κ2) is 5.65. The number of imidazole rings is 1. The SMILES string of the molecule is CNC(CCc1nccn1C)C1CCOC1C. The molecule has 4 heteroatoms. The highest BCUT2D eigenvalue weighted by Crippen LogP contribution is 2.26. The first kappa shape index (κ1) is 12.6. The minimum absolute atomic E-state index is 0.383. The zero-order valence-electron chi connectivity index (χ0n) is 11.0. The molecule has 96 valence electrons. The third-order valence-corrected chi connectivity index (χ3v) is 3.92. The lowest BCUT2D eigenvalue weighted by atomic mass is 9.90. The van der Waals surface area contributed by atoms with Crippen molar-refractivity contribution in [2.45, 2.75) is 38.3 Å². The van der Waals surface area contributed by atoms with E-state index in [2.05, 4.69) is 28.8 Å². The van der Waals surface area contributed by atoms with Crippen molar-refractivity contribution in [2.75, 3.05) is 13.7 Å². The van der Waals surface area contributed by atoms with Gasteiger partial charge in [-0.2, -0.15) is 0 Å². The number of hydrogen-bond acceptors (Lipinski definition) is 3. The highest BCUT2D eigenvalue weighted by molar-refractivity contribution is 4.93. The molecular weight excluding hydrogens is 214 g/mol. The maximum absolute atomic E-state index is 5.65. The summed E-state index contributed by atoms with van der Waals surface area (Å²) in [6, 6.07) is 0.532. The Balaban J connectivity index is 1.89. The molecule has 17 heavy (non-hydrogen) atoms. The van der Waals surface area contributed by atoms with Gasteiger partial charge in [0.25, 0.3) is 0 Å². The third-order valence-electron chi connectivity index (χ3n) is 3.92. The molecule has 0 aliphatic carbocycles. The summed E-state index contributed by atoms with van der Waals surface area (Å²) in [4.78, 5) is 4.37. The predicted molar refractivity (Wildman–Crippen MR) is 67.9 cm³/mol. The number of aromatic nitrogens is 2. The van der Waals surface area contributed by atoms with E-state index in [0.717, 1.165) is 25.3 Å². The van der Waals surface area contributed by atoms with E-state index in [1.54, 1.807) is 0 Å². The predicted octanol–water partition coefficient (Wildman–Crippen LogP) is 1.37. The molecular formula is C13H23N3O. The zero-order chi connectivity index (χ0) is 12.3. The van der Waals surface area contributed by atoms with Crippen LogP contribution in [0.25, 0.3) is 0 Å². The van der Waals surface area contributed by atoms with E-state index >= 15 is 0 Å². The zero-order valence-corrected chi connectivity index (χ0v) is 11.0. The van der Waals surface area contributed by atoms with Gasteiger partial charge in [0, 0.05) is 44.4 Å². The van der Waals surface area contributed by atoms with Crippen LogP contribution in [0.15, 0.2) is 12.4 Å². The average Bonchev–Trinajstić information content (AvgIpc) is 2.90. The van der Waals surface area contributed by atoms with Crippen LogP contribution in [0.1, 0.15) is 25.6 Å². The van der Waals surface area contributed by atoms with Crippen molar-refractivity contribution in [3.05, 3.63) is 18.2 Å². The average molecular weight is 237 g/mol. The summed E-state index contributed by atoms with van der Waals surface area (Å²) in [5.41, 5.74) is 0. The van der Waals surface area contributed by atoms with Crippen molar-refractivity contribution in [2.24, 2.45) is 13.0 Å². The fourth-order valence-electron chi connectivity index (χ4n) is 2.77. The van der Waals surface area contributed by atoms with Gasteiger partial charge < -0.3 is 14.6 Å². The molecule has 1 N–H and O–H groups in total. The molecule has 1 saturated heterocycles. The molecule has 0 radical (unpaired) electrons. The van der Waals surface area contributed by atoms with Crippen molar-refractivity contribution in [1.82, 2.24) is 14.9 Å². The number of nitrogens with one attached hydrogen (secondary N) is 1. The number of hydrogen-bond donors (Lipinski definition) is 1. The molecule has 4 nitrogen and oxygen atoms in total. The monoisotopic (exact) mass is 237 g/mol. The Morgan fingerprint density at radius 3 is 3.00 bits per heavy atom. The fraction of sp³-hybridized carbons (Fsp3) is 0.769. The van der Waals surface area contributed by atoms with Crippen LogP contribution in [0.2, 0.25) is 0 Å². The molecule has 0 spiro atoms. The van der Waals surface area contributed by atoms with Gasteiger partial charge in [0.05, 0.1) is 6.10 Å². The Morgan fingerprint density at radius 1 is 1.65 bits per heavy atom. The van der Waals surface area contributed by atoms with E-state index in [1.165, 1.54) is 6.42 Å². The van der Waals surface area contributed by atoms with Gasteiger partial charge in [0.1, 0.15) is 5.82 Å². The number of nitrogens with zero attached hydrogens (tertiary/aromatic N) is 2. The molecule has 2 heterocycles. The summed E-state index contributed by atoms with van der Waals surface area (Å²) in [6.07, 6.45) is 7.58. The Hall–Kier alpha value is -0.870. The lowest BCUT2D eigenvalue weighted by molar-refractivity contribution is 0.0952. The quantitative estimate of drug-likeness (QED) is 0.840. The van der Waals surface area contributed by atoms with Gasteiger partial charge in [-0.25, -0.2) is 4.98 Å². The van der Waals surface area contributed by atoms with Gasteiger partial charge >= 0.3 is 0 Å². The molecule has 1 aliphatic rings. The third kappa shape index (κ3) is 2.87. The first-order valence-corrected chi connectivity index (χ1v) is 6.47. The molecule has 0 aromatic carbocycles. The lowest BCUT2D eigenvalue weighted by Crippen LogP contribution is -2.37. The lowest BCUT2D eigenvalue weighted by Gasteiger charge is -2.25. The normalized spacial score (nSPS) is 26.3. The van der Waals surface area contributed by atoms with Crippen molar-refractivity contribution in [3.63, 3.8) is 0 Å². The van der Waals surface area contributed by atoms with Gasteiger partial charge in [0.2, 0.25) is 0 Å². The number of aryl methyl sites for hydroxylation is 2. The maximum atomic E-state index is 5.65. The Morgan fingerprint density at radius 2 is 2.47 bits per heavy atom. The molecule has 1 aromatic rings. The van der Waals surface area contributed by atoms with Crippen LogP contribution in [0, 0.1) is 5.92 Å². The van der Waals surface area contributed by atoms with Crippen LogP contribution in [-0.4, -0.2) is 35.4 Å². The van der Waals surface area contributed by atoms with Crippen LogP contribution in [0.3, 0.4) is 0 Å². The number of ether oxygens (including phenoxy) is 1.